The standard InChI is InChI=1S/C42H26FN2O.C14H16GeN.Ir/c1-26-18-20-27(21-19-26)29-22-23-31-33-14-9-15-34(41(33)46-39(31)24-29)42-44-37-16-7-8-17-38(37)45(42)40-32-13-6-5-12-30(32)36(43)25-35(40)28-10-3-2-4-11-28;1-15(2,3)13-9-10-14(16-11-13)12-7-5-4-6-8-12;/h2-14,16-25H,1H3;4-7,9-11H,1-3H3;/q2*-1;/i1D3;;. The van der Waals surface area contributed by atoms with E-state index in [4.69, 9.17) is 13.5 Å². The molecule has 0 atom stereocenters. The number of nitrogens with zero attached hydrogens (tertiary/aromatic N) is 3. The maximum atomic E-state index is 15.8. The second-order valence-corrected chi connectivity index (χ2v) is 27.0. The second-order valence-electron chi connectivity index (χ2n) is 16.4. The SMILES string of the molecule is [2H]C([2H])([2H])c1ccc(-c2ccc3c(c2)oc2c(-c4nc5ccccc5n4-c4c(-c5ccccc5)cc(F)c5ccccc45)[c-]ccc23)cc1.[CH3][Ge]([CH3])([CH3])[c]1ccc(-c2[c-]cccc2)nc1.[Ir]. The number of para-hydroxylation sites is 2. The molecule has 4 nitrogen and oxygen atoms in total. The van der Waals surface area contributed by atoms with Crippen molar-refractivity contribution >= 4 is 61.4 Å². The molecule has 0 saturated carbocycles. The van der Waals surface area contributed by atoms with Crippen LogP contribution in [0.5, 0.6) is 0 Å². The van der Waals surface area contributed by atoms with Crippen LogP contribution in [0.15, 0.2) is 187 Å². The number of pyridine rings is 1. The molecule has 0 fully saturated rings. The average molecular weight is 1060 g/mol. The predicted octanol–water partition coefficient (Wildman–Crippen LogP) is 14.4. The third-order valence-corrected chi connectivity index (χ3v) is 15.6. The van der Waals surface area contributed by atoms with Gasteiger partial charge in [-0.3, -0.25) is 4.98 Å². The Morgan fingerprint density at radius 2 is 1.40 bits per heavy atom. The van der Waals surface area contributed by atoms with Crippen molar-refractivity contribution < 1.29 is 33.0 Å². The normalized spacial score (nSPS) is 12.3. The van der Waals surface area contributed by atoms with Crippen molar-refractivity contribution in [1.82, 2.24) is 14.5 Å². The first-order valence-electron chi connectivity index (χ1n) is 22.1. The summed E-state index contributed by atoms with van der Waals surface area (Å²) in [6, 6.07) is 62.7. The van der Waals surface area contributed by atoms with E-state index in [1.165, 1.54) is 4.40 Å². The summed E-state index contributed by atoms with van der Waals surface area (Å²) in [6.07, 6.45) is 2.04. The van der Waals surface area contributed by atoms with E-state index in [-0.39, 0.29) is 25.9 Å². The van der Waals surface area contributed by atoms with Gasteiger partial charge in [0.2, 0.25) is 0 Å². The smallest absolute Gasteiger partial charge is 0 e. The zero-order valence-electron chi connectivity index (χ0n) is 37.8. The zero-order valence-corrected chi connectivity index (χ0v) is 39.3. The van der Waals surface area contributed by atoms with Crippen molar-refractivity contribution in [1.29, 1.82) is 0 Å². The Balaban J connectivity index is 0.000000273. The number of fused-ring (bicyclic) bond motifs is 5. The first-order valence-corrected chi connectivity index (χ1v) is 27.9. The van der Waals surface area contributed by atoms with Crippen molar-refractivity contribution in [3.63, 3.8) is 0 Å². The average Bonchev–Trinajstić information content (AvgIpc) is 3.90. The molecular formula is C56H42FGeIrN3O-2. The minimum atomic E-state index is -2.16. The topological polar surface area (TPSA) is 43.9 Å². The molecule has 0 amide bonds. The van der Waals surface area contributed by atoms with Crippen LogP contribution in [0, 0.1) is 24.8 Å². The van der Waals surface area contributed by atoms with Gasteiger partial charge in [0.25, 0.3) is 0 Å². The third-order valence-electron chi connectivity index (χ3n) is 11.3. The summed E-state index contributed by atoms with van der Waals surface area (Å²) in [4.78, 5) is 9.70. The summed E-state index contributed by atoms with van der Waals surface area (Å²) in [5.41, 5.74) is 10.3. The minimum Gasteiger partial charge on any atom is 0 e. The van der Waals surface area contributed by atoms with Crippen LogP contribution in [0.25, 0.3) is 94.3 Å². The van der Waals surface area contributed by atoms with Gasteiger partial charge in [-0.25, -0.2) is 4.39 Å². The Morgan fingerprint density at radius 3 is 2.14 bits per heavy atom. The van der Waals surface area contributed by atoms with Gasteiger partial charge in [0.05, 0.1) is 28.1 Å². The molecule has 7 heteroatoms. The first-order chi connectivity index (χ1) is 31.4. The Hall–Kier alpha value is -6.44. The molecule has 0 bridgehead atoms. The summed E-state index contributed by atoms with van der Waals surface area (Å²) < 4.78 is 49.1. The van der Waals surface area contributed by atoms with Crippen LogP contribution in [0.4, 0.5) is 4.39 Å². The molecule has 0 aliphatic rings. The number of rotatable bonds is 6. The van der Waals surface area contributed by atoms with E-state index in [0.29, 0.717) is 33.5 Å². The Bertz CT molecular complexity index is 3510. The third kappa shape index (κ3) is 8.07. The number of imidazole rings is 1. The number of hydrogen-bond donors (Lipinski definition) is 0. The van der Waals surface area contributed by atoms with Crippen molar-refractivity contribution in [2.24, 2.45) is 0 Å². The molecule has 3 heterocycles. The van der Waals surface area contributed by atoms with Gasteiger partial charge in [0.1, 0.15) is 11.4 Å². The second kappa shape index (κ2) is 17.4. The maximum Gasteiger partial charge on any atom is 0 e. The molecule has 8 aromatic carbocycles. The van der Waals surface area contributed by atoms with E-state index in [1.54, 1.807) is 18.2 Å². The largest absolute Gasteiger partial charge is 0 e. The van der Waals surface area contributed by atoms with Crippen molar-refractivity contribution in [2.45, 2.75) is 24.1 Å². The number of halogens is 1. The van der Waals surface area contributed by atoms with Crippen LogP contribution in [0.1, 0.15) is 9.68 Å². The summed E-state index contributed by atoms with van der Waals surface area (Å²) in [5, 5.41) is 3.13. The van der Waals surface area contributed by atoms with Gasteiger partial charge in [0.15, 0.2) is 0 Å². The van der Waals surface area contributed by atoms with Crippen LogP contribution in [0.2, 0.25) is 17.3 Å². The number of aryl methyl sites for hydroxylation is 1. The van der Waals surface area contributed by atoms with Gasteiger partial charge in [-0.15, -0.1) is 18.2 Å². The van der Waals surface area contributed by atoms with Crippen molar-refractivity contribution in [3.8, 4) is 50.6 Å². The summed E-state index contributed by atoms with van der Waals surface area (Å²) in [5.74, 6) is 7.47. The molecule has 0 saturated heterocycles. The van der Waals surface area contributed by atoms with Crippen LogP contribution in [-0.4, -0.2) is 27.8 Å². The van der Waals surface area contributed by atoms with Gasteiger partial charge in [-0.2, -0.15) is 0 Å². The minimum absolute atomic E-state index is 0. The van der Waals surface area contributed by atoms with Gasteiger partial charge < -0.3 is 8.98 Å². The van der Waals surface area contributed by atoms with Crippen molar-refractivity contribution in [2.75, 3.05) is 0 Å². The monoisotopic (exact) mass is 1060 g/mol. The number of benzene rings is 8. The van der Waals surface area contributed by atoms with Gasteiger partial charge >= 0.3 is 99.8 Å². The molecule has 309 valence electrons. The van der Waals surface area contributed by atoms with E-state index in [2.05, 4.69) is 51.1 Å². The molecule has 11 aromatic rings. The van der Waals surface area contributed by atoms with E-state index in [1.807, 2.05) is 152 Å². The maximum absolute atomic E-state index is 15.8. The Labute approximate surface area is 387 Å². The van der Waals surface area contributed by atoms with Crippen LogP contribution >= 0.6 is 0 Å². The van der Waals surface area contributed by atoms with Gasteiger partial charge in [-0.1, -0.05) is 120 Å². The van der Waals surface area contributed by atoms with Gasteiger partial charge in [0, 0.05) is 45.9 Å². The molecule has 3 aromatic heterocycles. The van der Waals surface area contributed by atoms with E-state index >= 15 is 4.39 Å². The number of aromatic nitrogens is 3. The summed E-state index contributed by atoms with van der Waals surface area (Å²) in [7, 11) is 0. The molecule has 11 rings (SSSR count). The first kappa shape index (κ1) is 38.3. The summed E-state index contributed by atoms with van der Waals surface area (Å²) >= 11 is -1.72. The summed E-state index contributed by atoms with van der Waals surface area (Å²) in [6.45, 7) is -2.16. The quantitative estimate of drug-likeness (QED) is 0.123. The fourth-order valence-electron chi connectivity index (χ4n) is 8.11. The molecule has 0 aliphatic heterocycles. The fourth-order valence-corrected chi connectivity index (χ4v) is 10.3. The molecule has 0 spiro atoms. The zero-order chi connectivity index (χ0) is 44.9. The predicted molar refractivity (Wildman–Crippen MR) is 257 cm³/mol. The van der Waals surface area contributed by atoms with E-state index in [0.717, 1.165) is 66.4 Å². The number of hydrogen-bond acceptors (Lipinski definition) is 3. The van der Waals surface area contributed by atoms with Crippen LogP contribution < -0.4 is 4.40 Å². The molecule has 0 aliphatic carbocycles. The van der Waals surface area contributed by atoms with Crippen molar-refractivity contribution in [3.05, 3.63) is 206 Å². The van der Waals surface area contributed by atoms with Gasteiger partial charge in [-0.05, 0) is 47.8 Å². The molecule has 63 heavy (non-hydrogen) atoms. The van der Waals surface area contributed by atoms with E-state index in [9.17, 15) is 0 Å². The van der Waals surface area contributed by atoms with Crippen LogP contribution in [-0.2, 0) is 20.1 Å². The fraction of sp³-hybridized carbons (Fsp3) is 0.0714. The Kier molecular flexibility index (Phi) is 10.6. The number of furan rings is 1. The molecule has 0 unspecified atom stereocenters. The molecule has 1 radical (unpaired) electrons. The molecule has 0 N–H and O–H groups in total. The van der Waals surface area contributed by atoms with Crippen LogP contribution in [0.3, 0.4) is 0 Å². The van der Waals surface area contributed by atoms with E-state index < -0.39 is 20.1 Å². The Morgan fingerprint density at radius 1 is 0.651 bits per heavy atom. The molecular weight excluding hydrogens is 1010 g/mol.